The van der Waals surface area contributed by atoms with E-state index in [0.29, 0.717) is 11.6 Å². The van der Waals surface area contributed by atoms with Crippen LogP contribution in [0, 0.1) is 12.3 Å². The smallest absolute Gasteiger partial charge is 0.191 e. The quantitative estimate of drug-likeness (QED) is 0.335. The van der Waals surface area contributed by atoms with Crippen molar-refractivity contribution in [2.75, 3.05) is 6.61 Å². The van der Waals surface area contributed by atoms with Crippen molar-refractivity contribution in [2.45, 2.75) is 52.2 Å². The third kappa shape index (κ3) is 5.45. The molecular weight excluding hydrogens is 492 g/mol. The maximum Gasteiger partial charge on any atom is 0.191 e. The Labute approximate surface area is 228 Å². The molecule has 1 unspecified atom stereocenters. The number of ketones is 1. The summed E-state index contributed by atoms with van der Waals surface area (Å²) in [4.78, 5) is 13.8. The van der Waals surface area contributed by atoms with Crippen LogP contribution in [0.1, 0.15) is 43.9 Å². The standard InChI is InChI=1S/C33H37ClO2Si/c1-24-14-16-25(17-15-24)18-19-28-26(20-22-36-37(5,6)32(2,3)4)23-29(27-11-7-8-12-30(27)34)33(28)21-10-9-13-31(33)35/h7-19,21,23H,20,22H2,1-6H3/b19-18+. The van der Waals surface area contributed by atoms with Gasteiger partial charge in [0.05, 0.1) is 0 Å². The van der Waals surface area contributed by atoms with Gasteiger partial charge < -0.3 is 4.43 Å². The number of carbonyl (C=O) groups excluding carboxylic acids is 1. The van der Waals surface area contributed by atoms with Crippen LogP contribution in [0.2, 0.25) is 23.2 Å². The highest BCUT2D eigenvalue weighted by Crippen LogP contribution is 2.54. The minimum atomic E-state index is -1.90. The molecule has 0 heterocycles. The average molecular weight is 529 g/mol. The van der Waals surface area contributed by atoms with E-state index in [1.54, 1.807) is 6.08 Å². The summed E-state index contributed by atoms with van der Waals surface area (Å²) in [6.07, 6.45) is 14.6. The zero-order valence-corrected chi connectivity index (χ0v) is 24.5. The Hall–Kier alpha value is -2.72. The molecule has 0 aliphatic heterocycles. The zero-order valence-electron chi connectivity index (χ0n) is 22.8. The molecule has 0 amide bonds. The molecule has 2 aliphatic carbocycles. The average Bonchev–Trinajstić information content (AvgIpc) is 3.13. The fraction of sp³-hybridized carbons (Fsp3) is 0.303. The number of hydrogen-bond donors (Lipinski definition) is 0. The Morgan fingerprint density at radius 2 is 1.70 bits per heavy atom. The normalized spacial score (nSPS) is 20.0. The van der Waals surface area contributed by atoms with Crippen molar-refractivity contribution in [3.8, 4) is 0 Å². The first-order valence-electron chi connectivity index (χ1n) is 13.0. The van der Waals surface area contributed by atoms with E-state index in [1.165, 1.54) is 5.56 Å². The Morgan fingerprint density at radius 3 is 2.35 bits per heavy atom. The van der Waals surface area contributed by atoms with Crippen LogP contribution in [0.15, 0.2) is 96.1 Å². The van der Waals surface area contributed by atoms with E-state index in [4.69, 9.17) is 16.0 Å². The van der Waals surface area contributed by atoms with E-state index < -0.39 is 13.7 Å². The maximum absolute atomic E-state index is 13.8. The molecule has 0 bridgehead atoms. The van der Waals surface area contributed by atoms with Crippen LogP contribution in [-0.4, -0.2) is 20.7 Å². The van der Waals surface area contributed by atoms with Crippen molar-refractivity contribution in [2.24, 2.45) is 5.41 Å². The molecule has 1 atom stereocenters. The summed E-state index contributed by atoms with van der Waals surface area (Å²) < 4.78 is 6.56. The predicted molar refractivity (Wildman–Crippen MR) is 160 cm³/mol. The monoisotopic (exact) mass is 528 g/mol. The summed E-state index contributed by atoms with van der Waals surface area (Å²) in [5, 5.41) is 0.780. The van der Waals surface area contributed by atoms with Gasteiger partial charge in [0, 0.05) is 11.6 Å². The van der Waals surface area contributed by atoms with Gasteiger partial charge in [0.2, 0.25) is 0 Å². The Morgan fingerprint density at radius 1 is 1.00 bits per heavy atom. The van der Waals surface area contributed by atoms with E-state index in [9.17, 15) is 4.79 Å². The first-order valence-corrected chi connectivity index (χ1v) is 16.2. The van der Waals surface area contributed by atoms with Gasteiger partial charge >= 0.3 is 0 Å². The molecule has 1 spiro atoms. The summed E-state index contributed by atoms with van der Waals surface area (Å²) in [5.41, 5.74) is 5.33. The van der Waals surface area contributed by atoms with Gasteiger partial charge in [-0.3, -0.25) is 4.79 Å². The molecule has 0 N–H and O–H groups in total. The number of hydrogen-bond acceptors (Lipinski definition) is 2. The Kier molecular flexibility index (Phi) is 7.80. The molecule has 0 saturated heterocycles. The van der Waals surface area contributed by atoms with Crippen molar-refractivity contribution in [3.05, 3.63) is 118 Å². The fourth-order valence-corrected chi connectivity index (χ4v) is 5.95. The van der Waals surface area contributed by atoms with E-state index in [2.05, 4.69) is 83.3 Å². The molecule has 0 radical (unpaired) electrons. The van der Waals surface area contributed by atoms with Crippen molar-refractivity contribution < 1.29 is 9.22 Å². The van der Waals surface area contributed by atoms with Crippen molar-refractivity contribution >= 4 is 37.4 Å². The summed E-state index contributed by atoms with van der Waals surface area (Å²) in [5.74, 6) is 0.0463. The topological polar surface area (TPSA) is 26.3 Å². The second-order valence-corrected chi connectivity index (χ2v) is 16.7. The molecule has 2 aromatic rings. The van der Waals surface area contributed by atoms with Crippen LogP contribution >= 0.6 is 11.6 Å². The van der Waals surface area contributed by atoms with Crippen molar-refractivity contribution in [3.63, 3.8) is 0 Å². The number of aryl methyl sites for hydroxylation is 1. The highest BCUT2D eigenvalue weighted by molar-refractivity contribution is 6.74. The lowest BCUT2D eigenvalue weighted by molar-refractivity contribution is -0.118. The van der Waals surface area contributed by atoms with Crippen LogP contribution in [-0.2, 0) is 9.22 Å². The summed E-state index contributed by atoms with van der Waals surface area (Å²) >= 11 is 6.70. The van der Waals surface area contributed by atoms with Crippen molar-refractivity contribution in [1.82, 2.24) is 0 Å². The highest BCUT2D eigenvalue weighted by atomic mass is 35.5. The third-order valence-electron chi connectivity index (χ3n) is 7.93. The number of carbonyl (C=O) groups is 1. The number of rotatable bonds is 7. The lowest BCUT2D eigenvalue weighted by Gasteiger charge is -2.36. The van der Waals surface area contributed by atoms with Gasteiger partial charge in [0.1, 0.15) is 5.41 Å². The van der Waals surface area contributed by atoms with Crippen LogP contribution in [0.5, 0.6) is 0 Å². The van der Waals surface area contributed by atoms with Gasteiger partial charge in [-0.2, -0.15) is 0 Å². The summed E-state index contributed by atoms with van der Waals surface area (Å²) in [7, 11) is -1.90. The van der Waals surface area contributed by atoms with E-state index in [1.807, 2.05) is 42.5 Å². The van der Waals surface area contributed by atoms with E-state index in [-0.39, 0.29) is 10.8 Å². The summed E-state index contributed by atoms with van der Waals surface area (Å²) in [6.45, 7) is 14.0. The molecule has 4 rings (SSSR count). The number of halogens is 1. The Balaban J connectivity index is 1.81. The minimum Gasteiger partial charge on any atom is -0.416 e. The molecule has 0 aromatic heterocycles. The number of benzene rings is 2. The van der Waals surface area contributed by atoms with Gasteiger partial charge in [0.25, 0.3) is 0 Å². The maximum atomic E-state index is 13.8. The SMILES string of the molecule is Cc1ccc(/C=C/C2=C(CCO[Si](C)(C)C(C)(C)C)C=C(c3ccccc3Cl)C23C=CC=CC3=O)cc1. The molecule has 0 fully saturated rings. The molecule has 2 aromatic carbocycles. The first-order chi connectivity index (χ1) is 17.5. The molecule has 192 valence electrons. The highest BCUT2D eigenvalue weighted by Gasteiger charge is 2.47. The number of allylic oxidation sites excluding steroid dienone is 8. The second kappa shape index (κ2) is 10.6. The molecule has 2 aliphatic rings. The second-order valence-electron chi connectivity index (χ2n) is 11.5. The summed E-state index contributed by atoms with van der Waals surface area (Å²) in [6, 6.07) is 16.2. The molecule has 2 nitrogen and oxygen atoms in total. The largest absolute Gasteiger partial charge is 0.416 e. The molecule has 0 saturated carbocycles. The van der Waals surface area contributed by atoms with Gasteiger partial charge in [-0.25, -0.2) is 0 Å². The lowest BCUT2D eigenvalue weighted by atomic mass is 9.69. The molecular formula is C33H37ClO2Si. The van der Waals surface area contributed by atoms with Gasteiger partial charge in [-0.1, -0.05) is 117 Å². The van der Waals surface area contributed by atoms with Crippen LogP contribution < -0.4 is 0 Å². The van der Waals surface area contributed by atoms with E-state index in [0.717, 1.165) is 34.3 Å². The van der Waals surface area contributed by atoms with Gasteiger partial charge in [-0.15, -0.1) is 0 Å². The van der Waals surface area contributed by atoms with Crippen LogP contribution in [0.25, 0.3) is 11.6 Å². The lowest BCUT2D eigenvalue weighted by Crippen LogP contribution is -2.41. The van der Waals surface area contributed by atoms with Gasteiger partial charge in [0.15, 0.2) is 14.1 Å². The predicted octanol–water partition coefficient (Wildman–Crippen LogP) is 9.15. The fourth-order valence-electron chi connectivity index (χ4n) is 4.67. The minimum absolute atomic E-state index is 0.0463. The molecule has 37 heavy (non-hydrogen) atoms. The third-order valence-corrected chi connectivity index (χ3v) is 12.8. The first kappa shape index (κ1) is 27.3. The van der Waals surface area contributed by atoms with E-state index >= 15 is 0 Å². The van der Waals surface area contributed by atoms with Crippen molar-refractivity contribution in [1.29, 1.82) is 0 Å². The van der Waals surface area contributed by atoms with Crippen LogP contribution in [0.3, 0.4) is 0 Å². The zero-order chi connectivity index (χ0) is 26.8. The molecule has 4 heteroatoms. The van der Waals surface area contributed by atoms with Gasteiger partial charge in [-0.05, 0) is 71.5 Å². The Bertz CT molecular complexity index is 1330. The van der Waals surface area contributed by atoms with Crippen LogP contribution in [0.4, 0.5) is 0 Å².